The van der Waals surface area contributed by atoms with Crippen LogP contribution in [0.3, 0.4) is 0 Å². The average molecular weight is 215 g/mol. The molecule has 3 heteroatoms. The molecule has 0 N–H and O–H groups in total. The molecule has 0 aliphatic heterocycles. The van der Waals surface area contributed by atoms with Crippen molar-refractivity contribution in [1.29, 1.82) is 0 Å². The standard InChI is InChI=1S/C12H7ClN2/c1-2-9-8-14-12(15-11(9)13)10-6-4-3-5-7-10/h1,3-8H. The van der Waals surface area contributed by atoms with Crippen molar-refractivity contribution in [3.05, 3.63) is 47.2 Å². The van der Waals surface area contributed by atoms with E-state index in [1.54, 1.807) is 6.20 Å². The maximum absolute atomic E-state index is 5.89. The molecule has 1 aromatic heterocycles. The lowest BCUT2D eigenvalue weighted by Gasteiger charge is -2.00. The van der Waals surface area contributed by atoms with Gasteiger partial charge in [0, 0.05) is 11.8 Å². The summed E-state index contributed by atoms with van der Waals surface area (Å²) in [7, 11) is 0. The van der Waals surface area contributed by atoms with E-state index in [0.29, 0.717) is 16.5 Å². The third-order valence-corrected chi connectivity index (χ3v) is 2.22. The van der Waals surface area contributed by atoms with Crippen molar-refractivity contribution in [2.75, 3.05) is 0 Å². The summed E-state index contributed by atoms with van der Waals surface area (Å²) in [6.07, 6.45) is 6.78. The fraction of sp³-hybridized carbons (Fsp3) is 0. The van der Waals surface area contributed by atoms with E-state index >= 15 is 0 Å². The van der Waals surface area contributed by atoms with Crippen molar-refractivity contribution in [3.8, 4) is 23.7 Å². The molecule has 2 nitrogen and oxygen atoms in total. The van der Waals surface area contributed by atoms with Gasteiger partial charge in [-0.05, 0) is 0 Å². The Morgan fingerprint density at radius 1 is 1.20 bits per heavy atom. The highest BCUT2D eigenvalue weighted by molar-refractivity contribution is 6.30. The van der Waals surface area contributed by atoms with Gasteiger partial charge < -0.3 is 0 Å². The molecule has 0 saturated heterocycles. The number of rotatable bonds is 1. The quantitative estimate of drug-likeness (QED) is 0.539. The Bertz CT molecular complexity index is 515. The lowest BCUT2D eigenvalue weighted by atomic mass is 10.2. The molecule has 0 spiro atoms. The Hall–Kier alpha value is -1.85. The minimum atomic E-state index is 0.311. The molecule has 15 heavy (non-hydrogen) atoms. The zero-order chi connectivity index (χ0) is 10.7. The van der Waals surface area contributed by atoms with Crippen molar-refractivity contribution in [1.82, 2.24) is 9.97 Å². The minimum absolute atomic E-state index is 0.311. The largest absolute Gasteiger partial charge is 0.235 e. The second-order valence-corrected chi connectivity index (χ2v) is 3.27. The first-order chi connectivity index (χ1) is 7.31. The second-order valence-electron chi connectivity index (χ2n) is 2.91. The van der Waals surface area contributed by atoms with Crippen molar-refractivity contribution in [2.45, 2.75) is 0 Å². The Balaban J connectivity index is 2.49. The van der Waals surface area contributed by atoms with Crippen LogP contribution in [0.15, 0.2) is 36.5 Å². The van der Waals surface area contributed by atoms with E-state index in [4.69, 9.17) is 18.0 Å². The van der Waals surface area contributed by atoms with Gasteiger partial charge in [-0.3, -0.25) is 0 Å². The number of aromatic nitrogens is 2. The van der Waals surface area contributed by atoms with Crippen LogP contribution >= 0.6 is 11.6 Å². The first-order valence-electron chi connectivity index (χ1n) is 4.36. The van der Waals surface area contributed by atoms with Gasteiger partial charge in [-0.2, -0.15) is 0 Å². The summed E-state index contributed by atoms with van der Waals surface area (Å²) in [6.45, 7) is 0. The van der Waals surface area contributed by atoms with Gasteiger partial charge in [0.15, 0.2) is 5.82 Å². The average Bonchev–Trinajstić information content (AvgIpc) is 2.30. The molecular formula is C12H7ClN2. The van der Waals surface area contributed by atoms with Crippen LogP contribution in [0, 0.1) is 12.3 Å². The smallest absolute Gasteiger partial charge is 0.160 e. The summed E-state index contributed by atoms with van der Waals surface area (Å²) < 4.78 is 0. The molecule has 72 valence electrons. The van der Waals surface area contributed by atoms with E-state index < -0.39 is 0 Å². The number of terminal acetylenes is 1. The minimum Gasteiger partial charge on any atom is -0.235 e. The summed E-state index contributed by atoms with van der Waals surface area (Å²) in [4.78, 5) is 8.27. The monoisotopic (exact) mass is 214 g/mol. The van der Waals surface area contributed by atoms with E-state index in [0.717, 1.165) is 5.56 Å². The third kappa shape index (κ3) is 1.98. The molecule has 0 radical (unpaired) electrons. The number of benzene rings is 1. The lowest BCUT2D eigenvalue weighted by molar-refractivity contribution is 1.16. The van der Waals surface area contributed by atoms with Gasteiger partial charge in [0.05, 0.1) is 5.56 Å². The molecule has 0 atom stereocenters. The van der Waals surface area contributed by atoms with Gasteiger partial charge in [-0.1, -0.05) is 47.9 Å². The number of hydrogen-bond donors (Lipinski definition) is 0. The molecule has 0 amide bonds. The highest BCUT2D eigenvalue weighted by atomic mass is 35.5. The highest BCUT2D eigenvalue weighted by Crippen LogP contribution is 2.18. The lowest BCUT2D eigenvalue weighted by Crippen LogP contribution is -1.91. The summed E-state index contributed by atoms with van der Waals surface area (Å²) in [5.41, 5.74) is 1.43. The summed E-state index contributed by atoms with van der Waals surface area (Å²) in [5, 5.41) is 0.311. The zero-order valence-electron chi connectivity index (χ0n) is 7.81. The normalized spacial score (nSPS) is 9.60. The van der Waals surface area contributed by atoms with Crippen molar-refractivity contribution in [3.63, 3.8) is 0 Å². The first-order valence-corrected chi connectivity index (χ1v) is 4.73. The molecule has 1 heterocycles. The van der Waals surface area contributed by atoms with Gasteiger partial charge in [0.1, 0.15) is 5.15 Å². The predicted molar refractivity (Wildman–Crippen MR) is 60.4 cm³/mol. The number of hydrogen-bond acceptors (Lipinski definition) is 2. The van der Waals surface area contributed by atoms with Crippen molar-refractivity contribution >= 4 is 11.6 Å². The Kier molecular flexibility index (Phi) is 2.66. The van der Waals surface area contributed by atoms with E-state index in [9.17, 15) is 0 Å². The van der Waals surface area contributed by atoms with Gasteiger partial charge in [0.2, 0.25) is 0 Å². The molecule has 0 saturated carbocycles. The van der Waals surface area contributed by atoms with Crippen LogP contribution in [-0.2, 0) is 0 Å². The summed E-state index contributed by atoms with van der Waals surface area (Å²) in [5.74, 6) is 3.00. The second kappa shape index (κ2) is 4.12. The molecule has 0 bridgehead atoms. The molecule has 2 aromatic rings. The molecule has 2 rings (SSSR count). The van der Waals surface area contributed by atoms with E-state index in [1.807, 2.05) is 30.3 Å². The number of nitrogens with zero attached hydrogens (tertiary/aromatic N) is 2. The zero-order valence-corrected chi connectivity index (χ0v) is 8.57. The van der Waals surface area contributed by atoms with Gasteiger partial charge in [-0.15, -0.1) is 6.42 Å². The van der Waals surface area contributed by atoms with E-state index in [-0.39, 0.29) is 0 Å². The third-order valence-electron chi connectivity index (χ3n) is 1.93. The highest BCUT2D eigenvalue weighted by Gasteiger charge is 2.04. The van der Waals surface area contributed by atoms with Crippen LogP contribution in [0.5, 0.6) is 0 Å². The predicted octanol–water partition coefficient (Wildman–Crippen LogP) is 2.78. The Morgan fingerprint density at radius 3 is 2.53 bits per heavy atom. The fourth-order valence-corrected chi connectivity index (χ4v) is 1.37. The maximum atomic E-state index is 5.89. The Morgan fingerprint density at radius 2 is 1.93 bits per heavy atom. The number of halogens is 1. The molecular weight excluding hydrogens is 208 g/mol. The topological polar surface area (TPSA) is 25.8 Å². The SMILES string of the molecule is C#Cc1cnc(-c2ccccc2)nc1Cl. The van der Waals surface area contributed by atoms with E-state index in [1.165, 1.54) is 0 Å². The van der Waals surface area contributed by atoms with Gasteiger partial charge in [0.25, 0.3) is 0 Å². The van der Waals surface area contributed by atoms with Crippen LogP contribution in [0.25, 0.3) is 11.4 Å². The van der Waals surface area contributed by atoms with Crippen LogP contribution in [0.4, 0.5) is 0 Å². The van der Waals surface area contributed by atoms with Crippen molar-refractivity contribution in [2.24, 2.45) is 0 Å². The molecule has 0 unspecified atom stereocenters. The van der Waals surface area contributed by atoms with Crippen LogP contribution < -0.4 is 0 Å². The first kappa shape index (κ1) is 9.70. The Labute approximate surface area is 93.0 Å². The van der Waals surface area contributed by atoms with Crippen LogP contribution in [0.2, 0.25) is 5.15 Å². The summed E-state index contributed by atoms with van der Waals surface area (Å²) >= 11 is 5.89. The van der Waals surface area contributed by atoms with Gasteiger partial charge in [-0.25, -0.2) is 9.97 Å². The molecule has 1 aromatic carbocycles. The van der Waals surface area contributed by atoms with E-state index in [2.05, 4.69) is 15.9 Å². The molecule has 0 fully saturated rings. The molecule has 0 aliphatic rings. The van der Waals surface area contributed by atoms with Crippen LogP contribution in [-0.4, -0.2) is 9.97 Å². The fourth-order valence-electron chi connectivity index (χ4n) is 1.18. The molecule has 0 aliphatic carbocycles. The van der Waals surface area contributed by atoms with Gasteiger partial charge >= 0.3 is 0 Å². The van der Waals surface area contributed by atoms with Crippen molar-refractivity contribution < 1.29 is 0 Å². The van der Waals surface area contributed by atoms with Crippen LogP contribution in [0.1, 0.15) is 5.56 Å². The summed E-state index contributed by atoms with van der Waals surface area (Å²) in [6, 6.07) is 9.60. The maximum Gasteiger partial charge on any atom is 0.160 e.